The van der Waals surface area contributed by atoms with Crippen molar-refractivity contribution in [1.82, 2.24) is 10.4 Å². The molecule has 36 heavy (non-hydrogen) atoms. The topological polar surface area (TPSA) is 109 Å². The van der Waals surface area contributed by atoms with E-state index in [4.69, 9.17) is 26.3 Å². The van der Waals surface area contributed by atoms with E-state index in [9.17, 15) is 18.0 Å². The molecule has 1 amide bonds. The summed E-state index contributed by atoms with van der Waals surface area (Å²) in [5.41, 5.74) is 2.77. The standard InChI is InChI=1S/C23H19ClF3N5O3S/c1-2-34-19-9-14(8-18(24)21(19)35-7-6-28)12-29-32-20(33)11-17-13-36-22(31-17)30-16-5-3-4-15(10-16)23(25,26)27/h3-5,8-10,12-13H,2,7,11H2,1H3,(H,30,31)(H,32,33)/b29-12-. The minimum absolute atomic E-state index is 0.0933. The minimum atomic E-state index is -4.45. The van der Waals surface area contributed by atoms with E-state index in [1.807, 2.05) is 6.07 Å². The molecule has 1 heterocycles. The van der Waals surface area contributed by atoms with Crippen molar-refractivity contribution in [3.63, 3.8) is 0 Å². The van der Waals surface area contributed by atoms with Gasteiger partial charge >= 0.3 is 6.18 Å². The van der Waals surface area contributed by atoms with Crippen LogP contribution in [0.4, 0.5) is 24.0 Å². The molecule has 0 aliphatic heterocycles. The van der Waals surface area contributed by atoms with Crippen LogP contribution in [0.3, 0.4) is 0 Å². The lowest BCUT2D eigenvalue weighted by Crippen LogP contribution is -2.20. The number of amides is 1. The lowest BCUT2D eigenvalue weighted by atomic mass is 10.2. The highest BCUT2D eigenvalue weighted by Gasteiger charge is 2.30. The quantitative estimate of drug-likeness (QED) is 0.259. The number of alkyl halides is 3. The first-order chi connectivity index (χ1) is 17.2. The fourth-order valence-electron chi connectivity index (χ4n) is 2.90. The number of hydrogen-bond donors (Lipinski definition) is 2. The third kappa shape index (κ3) is 7.59. The van der Waals surface area contributed by atoms with E-state index in [1.54, 1.807) is 24.4 Å². The predicted molar refractivity (Wildman–Crippen MR) is 130 cm³/mol. The summed E-state index contributed by atoms with van der Waals surface area (Å²) in [6.07, 6.45) is -3.18. The number of ether oxygens (including phenoxy) is 2. The summed E-state index contributed by atoms with van der Waals surface area (Å²) in [5, 5.41) is 17.6. The molecular weight excluding hydrogens is 519 g/mol. The molecule has 13 heteroatoms. The summed E-state index contributed by atoms with van der Waals surface area (Å²) in [6, 6.07) is 9.74. The number of carbonyl (C=O) groups is 1. The highest BCUT2D eigenvalue weighted by atomic mass is 35.5. The Hall–Kier alpha value is -3.82. The first-order valence-electron chi connectivity index (χ1n) is 10.4. The number of anilines is 2. The van der Waals surface area contributed by atoms with Crippen LogP contribution in [0.2, 0.25) is 5.02 Å². The first kappa shape index (κ1) is 26.8. The number of nitriles is 1. The zero-order valence-electron chi connectivity index (χ0n) is 18.7. The summed E-state index contributed by atoms with van der Waals surface area (Å²) in [6.45, 7) is 1.92. The van der Waals surface area contributed by atoms with Crippen molar-refractivity contribution in [1.29, 1.82) is 5.26 Å². The van der Waals surface area contributed by atoms with Gasteiger partial charge in [-0.25, -0.2) is 10.4 Å². The van der Waals surface area contributed by atoms with Gasteiger partial charge in [0.05, 0.1) is 35.5 Å². The maximum absolute atomic E-state index is 12.9. The minimum Gasteiger partial charge on any atom is -0.490 e. The van der Waals surface area contributed by atoms with Gasteiger partial charge in [-0.05, 0) is 42.8 Å². The molecule has 0 saturated heterocycles. The first-order valence-corrected chi connectivity index (χ1v) is 11.6. The van der Waals surface area contributed by atoms with Crippen molar-refractivity contribution in [2.24, 2.45) is 5.10 Å². The van der Waals surface area contributed by atoms with E-state index in [1.165, 1.54) is 18.3 Å². The Balaban J connectivity index is 1.59. The molecule has 8 nitrogen and oxygen atoms in total. The van der Waals surface area contributed by atoms with Gasteiger partial charge in [-0.2, -0.15) is 23.5 Å². The molecule has 2 N–H and O–H groups in total. The molecule has 0 unspecified atom stereocenters. The predicted octanol–water partition coefficient (Wildman–Crippen LogP) is 5.55. The van der Waals surface area contributed by atoms with Crippen LogP contribution in [0.25, 0.3) is 0 Å². The molecular formula is C23H19ClF3N5O3S. The second-order valence-electron chi connectivity index (χ2n) is 7.03. The van der Waals surface area contributed by atoms with E-state index >= 15 is 0 Å². The fourth-order valence-corrected chi connectivity index (χ4v) is 3.90. The number of thiazole rings is 1. The second-order valence-corrected chi connectivity index (χ2v) is 8.29. The number of benzene rings is 2. The van der Waals surface area contributed by atoms with Gasteiger partial charge in [0, 0.05) is 11.1 Å². The van der Waals surface area contributed by atoms with E-state index in [0.717, 1.165) is 23.5 Å². The van der Waals surface area contributed by atoms with Gasteiger partial charge in [0.1, 0.15) is 6.07 Å². The molecule has 0 aliphatic carbocycles. The molecule has 3 rings (SSSR count). The third-order valence-electron chi connectivity index (χ3n) is 4.35. The maximum atomic E-state index is 12.9. The highest BCUT2D eigenvalue weighted by molar-refractivity contribution is 7.13. The molecule has 1 aromatic heterocycles. The van der Waals surface area contributed by atoms with Crippen LogP contribution < -0.4 is 20.2 Å². The van der Waals surface area contributed by atoms with Crippen LogP contribution in [0.15, 0.2) is 46.9 Å². The van der Waals surface area contributed by atoms with Gasteiger partial charge in [-0.3, -0.25) is 4.79 Å². The Kier molecular flexibility index (Phi) is 9.10. The van der Waals surface area contributed by atoms with Crippen molar-refractivity contribution < 1.29 is 27.4 Å². The molecule has 0 atom stereocenters. The van der Waals surface area contributed by atoms with E-state index < -0.39 is 17.6 Å². The Morgan fingerprint density at radius 2 is 2.11 bits per heavy atom. The monoisotopic (exact) mass is 537 g/mol. The maximum Gasteiger partial charge on any atom is 0.416 e. The number of hydrogen-bond acceptors (Lipinski definition) is 8. The molecule has 188 valence electrons. The number of aromatic nitrogens is 1. The Bertz CT molecular complexity index is 1290. The molecule has 0 fully saturated rings. The van der Waals surface area contributed by atoms with Crippen LogP contribution >= 0.6 is 22.9 Å². The molecule has 3 aromatic rings. The molecule has 2 aromatic carbocycles. The highest BCUT2D eigenvalue weighted by Crippen LogP contribution is 2.36. The van der Waals surface area contributed by atoms with E-state index in [0.29, 0.717) is 28.7 Å². The van der Waals surface area contributed by atoms with Crippen LogP contribution in [0, 0.1) is 11.3 Å². The van der Waals surface area contributed by atoms with Crippen molar-refractivity contribution in [3.05, 3.63) is 63.6 Å². The van der Waals surface area contributed by atoms with Crippen LogP contribution in [-0.2, 0) is 17.4 Å². The normalized spacial score (nSPS) is 11.2. The van der Waals surface area contributed by atoms with Crippen molar-refractivity contribution in [3.8, 4) is 17.6 Å². The fraction of sp³-hybridized carbons (Fsp3) is 0.217. The average Bonchev–Trinajstić information content (AvgIpc) is 3.25. The third-order valence-corrected chi connectivity index (χ3v) is 5.44. The number of hydrazone groups is 1. The number of halogens is 4. The molecule has 0 spiro atoms. The average molecular weight is 538 g/mol. The Labute approximate surface area is 213 Å². The number of nitrogens with zero attached hydrogens (tertiary/aromatic N) is 3. The zero-order valence-corrected chi connectivity index (χ0v) is 20.3. The van der Waals surface area contributed by atoms with Gasteiger partial charge in [-0.1, -0.05) is 17.7 Å². The lowest BCUT2D eigenvalue weighted by Gasteiger charge is -2.12. The molecule has 0 saturated carbocycles. The van der Waals surface area contributed by atoms with Crippen LogP contribution in [0.5, 0.6) is 11.5 Å². The van der Waals surface area contributed by atoms with Crippen molar-refractivity contribution in [2.45, 2.75) is 19.5 Å². The summed E-state index contributed by atoms with van der Waals surface area (Å²) in [5.74, 6) is 0.114. The second kappa shape index (κ2) is 12.2. The lowest BCUT2D eigenvalue weighted by molar-refractivity contribution is -0.137. The SMILES string of the molecule is CCOc1cc(/C=N\NC(=O)Cc2csc(Nc3cccc(C(F)(F)F)c3)n2)cc(Cl)c1OCC#N. The summed E-state index contributed by atoms with van der Waals surface area (Å²) in [4.78, 5) is 16.5. The summed E-state index contributed by atoms with van der Waals surface area (Å²) < 4.78 is 49.4. The van der Waals surface area contributed by atoms with Gasteiger partial charge in [0.15, 0.2) is 23.2 Å². The summed E-state index contributed by atoms with van der Waals surface area (Å²) in [7, 11) is 0. The number of nitrogens with one attached hydrogen (secondary N) is 2. The Morgan fingerprint density at radius 3 is 2.83 bits per heavy atom. The van der Waals surface area contributed by atoms with Crippen molar-refractivity contribution in [2.75, 3.05) is 18.5 Å². The van der Waals surface area contributed by atoms with Gasteiger partial charge in [-0.15, -0.1) is 11.3 Å². The van der Waals surface area contributed by atoms with Gasteiger partial charge in [0.2, 0.25) is 5.91 Å². The number of carbonyl (C=O) groups excluding carboxylic acids is 1. The molecule has 0 bridgehead atoms. The van der Waals surface area contributed by atoms with E-state index in [-0.39, 0.29) is 29.5 Å². The summed E-state index contributed by atoms with van der Waals surface area (Å²) >= 11 is 7.37. The largest absolute Gasteiger partial charge is 0.490 e. The Morgan fingerprint density at radius 1 is 1.31 bits per heavy atom. The smallest absolute Gasteiger partial charge is 0.416 e. The van der Waals surface area contributed by atoms with Crippen molar-refractivity contribution >= 4 is 45.9 Å². The molecule has 0 aliphatic rings. The van der Waals surface area contributed by atoms with Gasteiger partial charge in [0.25, 0.3) is 0 Å². The van der Waals surface area contributed by atoms with Gasteiger partial charge < -0.3 is 14.8 Å². The zero-order chi connectivity index (χ0) is 26.1. The van der Waals surface area contributed by atoms with Crippen LogP contribution in [0.1, 0.15) is 23.7 Å². The van der Waals surface area contributed by atoms with Crippen LogP contribution in [-0.4, -0.2) is 30.3 Å². The van der Waals surface area contributed by atoms with E-state index in [2.05, 4.69) is 20.8 Å². The number of rotatable bonds is 10. The molecule has 0 radical (unpaired) electrons.